The predicted molar refractivity (Wildman–Crippen MR) is 75.4 cm³/mol. The minimum absolute atomic E-state index is 0.453. The lowest BCUT2D eigenvalue weighted by Crippen LogP contribution is -2.41. The molecule has 3 rings (SSSR count). The summed E-state index contributed by atoms with van der Waals surface area (Å²) in [4.78, 5) is 0. The fraction of sp³-hybridized carbons (Fsp3) is 0.625. The molecule has 2 aliphatic rings. The van der Waals surface area contributed by atoms with E-state index in [0.717, 1.165) is 19.0 Å². The molecular formula is C16H22F2N2. The Kier molecular flexibility index (Phi) is 4.32. The van der Waals surface area contributed by atoms with Crippen molar-refractivity contribution in [3.63, 3.8) is 0 Å². The summed E-state index contributed by atoms with van der Waals surface area (Å²) in [6, 6.07) is 4.89. The van der Waals surface area contributed by atoms with Gasteiger partial charge in [-0.15, -0.1) is 0 Å². The van der Waals surface area contributed by atoms with Crippen LogP contribution in [0.3, 0.4) is 0 Å². The van der Waals surface area contributed by atoms with Gasteiger partial charge in [0.15, 0.2) is 0 Å². The van der Waals surface area contributed by atoms with Crippen LogP contribution in [0.25, 0.3) is 0 Å². The van der Waals surface area contributed by atoms with Crippen LogP contribution in [-0.4, -0.2) is 18.6 Å². The fourth-order valence-electron chi connectivity index (χ4n) is 3.71. The van der Waals surface area contributed by atoms with E-state index in [-0.39, 0.29) is 0 Å². The van der Waals surface area contributed by atoms with Crippen molar-refractivity contribution in [3.05, 3.63) is 35.4 Å². The highest BCUT2D eigenvalue weighted by Gasteiger charge is 2.34. The maximum Gasteiger partial charge on any atom is 0.130 e. The third-order valence-corrected chi connectivity index (χ3v) is 4.75. The van der Waals surface area contributed by atoms with Crippen molar-refractivity contribution >= 4 is 0 Å². The van der Waals surface area contributed by atoms with Gasteiger partial charge in [0.2, 0.25) is 0 Å². The van der Waals surface area contributed by atoms with E-state index >= 15 is 0 Å². The topological polar surface area (TPSA) is 24.1 Å². The Morgan fingerprint density at radius 1 is 1.15 bits per heavy atom. The Morgan fingerprint density at radius 2 is 2.05 bits per heavy atom. The lowest BCUT2D eigenvalue weighted by Gasteiger charge is -2.26. The van der Waals surface area contributed by atoms with E-state index < -0.39 is 11.6 Å². The number of benzene rings is 1. The maximum absolute atomic E-state index is 13.6. The molecule has 3 unspecified atom stereocenters. The first-order valence-corrected chi connectivity index (χ1v) is 7.65. The van der Waals surface area contributed by atoms with Gasteiger partial charge in [-0.05, 0) is 44.2 Å². The maximum atomic E-state index is 13.6. The average molecular weight is 280 g/mol. The third kappa shape index (κ3) is 3.01. The van der Waals surface area contributed by atoms with Crippen molar-refractivity contribution in [1.82, 2.24) is 10.6 Å². The van der Waals surface area contributed by atoms with Gasteiger partial charge in [-0.25, -0.2) is 8.78 Å². The largest absolute Gasteiger partial charge is 0.314 e. The van der Waals surface area contributed by atoms with Gasteiger partial charge in [0.25, 0.3) is 0 Å². The second kappa shape index (κ2) is 6.19. The number of nitrogens with one attached hydrogen (secondary N) is 2. The van der Waals surface area contributed by atoms with E-state index in [0.29, 0.717) is 30.1 Å². The SMILES string of the molecule is Fc1ccc(CNC2CCCC2C2CCCN2)c(F)c1. The molecule has 1 aliphatic carbocycles. The molecule has 0 bridgehead atoms. The molecule has 2 N–H and O–H groups in total. The molecule has 1 aromatic carbocycles. The highest BCUT2D eigenvalue weighted by molar-refractivity contribution is 5.18. The van der Waals surface area contributed by atoms with Crippen molar-refractivity contribution in [3.8, 4) is 0 Å². The van der Waals surface area contributed by atoms with Gasteiger partial charge in [0.1, 0.15) is 11.6 Å². The van der Waals surface area contributed by atoms with Gasteiger partial charge in [0, 0.05) is 30.3 Å². The Morgan fingerprint density at radius 3 is 2.80 bits per heavy atom. The van der Waals surface area contributed by atoms with E-state index in [4.69, 9.17) is 0 Å². The van der Waals surface area contributed by atoms with Crippen LogP contribution in [0.2, 0.25) is 0 Å². The fourth-order valence-corrected chi connectivity index (χ4v) is 3.71. The monoisotopic (exact) mass is 280 g/mol. The minimum Gasteiger partial charge on any atom is -0.314 e. The van der Waals surface area contributed by atoms with E-state index in [9.17, 15) is 8.78 Å². The molecule has 0 amide bonds. The van der Waals surface area contributed by atoms with Crippen LogP contribution in [0.1, 0.15) is 37.7 Å². The molecule has 1 saturated carbocycles. The molecule has 1 aliphatic heterocycles. The van der Waals surface area contributed by atoms with Gasteiger partial charge in [-0.2, -0.15) is 0 Å². The van der Waals surface area contributed by atoms with Crippen molar-refractivity contribution < 1.29 is 8.78 Å². The minimum atomic E-state index is -0.514. The third-order valence-electron chi connectivity index (χ3n) is 4.75. The summed E-state index contributed by atoms with van der Waals surface area (Å²) in [7, 11) is 0. The summed E-state index contributed by atoms with van der Waals surface area (Å²) in [5, 5.41) is 7.06. The van der Waals surface area contributed by atoms with Crippen molar-refractivity contribution in [2.75, 3.05) is 6.54 Å². The average Bonchev–Trinajstić information content (AvgIpc) is 3.08. The molecule has 20 heavy (non-hydrogen) atoms. The Bertz CT molecular complexity index is 458. The predicted octanol–water partition coefficient (Wildman–Crippen LogP) is 2.98. The molecule has 1 aromatic rings. The quantitative estimate of drug-likeness (QED) is 0.886. The standard InChI is InChI=1S/C16H22F2N2/c17-12-7-6-11(14(18)9-12)10-20-16-4-1-3-13(16)15-5-2-8-19-15/h6-7,9,13,15-16,19-20H,1-5,8,10H2. The van der Waals surface area contributed by atoms with Crippen LogP contribution in [-0.2, 0) is 6.54 Å². The van der Waals surface area contributed by atoms with Crippen LogP contribution in [0, 0.1) is 17.6 Å². The summed E-state index contributed by atoms with van der Waals surface area (Å²) >= 11 is 0. The zero-order valence-corrected chi connectivity index (χ0v) is 11.7. The molecule has 0 aromatic heterocycles. The number of halogens is 2. The highest BCUT2D eigenvalue weighted by Crippen LogP contribution is 2.32. The molecule has 2 fully saturated rings. The van der Waals surface area contributed by atoms with Crippen LogP contribution >= 0.6 is 0 Å². The van der Waals surface area contributed by atoms with Gasteiger partial charge in [-0.1, -0.05) is 12.5 Å². The zero-order chi connectivity index (χ0) is 13.9. The smallest absolute Gasteiger partial charge is 0.130 e. The summed E-state index contributed by atoms with van der Waals surface area (Å²) in [6.07, 6.45) is 6.17. The number of hydrogen-bond acceptors (Lipinski definition) is 2. The van der Waals surface area contributed by atoms with Crippen LogP contribution in [0.5, 0.6) is 0 Å². The lowest BCUT2D eigenvalue weighted by molar-refractivity contribution is 0.318. The van der Waals surface area contributed by atoms with Crippen molar-refractivity contribution in [2.45, 2.75) is 50.7 Å². The first-order chi connectivity index (χ1) is 9.74. The van der Waals surface area contributed by atoms with Gasteiger partial charge >= 0.3 is 0 Å². The molecule has 1 heterocycles. The Balaban J connectivity index is 1.59. The molecule has 4 heteroatoms. The van der Waals surface area contributed by atoms with Crippen LogP contribution in [0.15, 0.2) is 18.2 Å². The normalized spacial score (nSPS) is 30.0. The molecular weight excluding hydrogens is 258 g/mol. The van der Waals surface area contributed by atoms with E-state index in [2.05, 4.69) is 10.6 Å². The van der Waals surface area contributed by atoms with Gasteiger partial charge < -0.3 is 10.6 Å². The van der Waals surface area contributed by atoms with E-state index in [1.807, 2.05) is 0 Å². The molecule has 0 spiro atoms. The molecule has 3 atom stereocenters. The lowest BCUT2D eigenvalue weighted by atomic mass is 9.93. The molecule has 110 valence electrons. The number of hydrogen-bond donors (Lipinski definition) is 2. The Hall–Kier alpha value is -1.00. The Labute approximate surface area is 118 Å². The first-order valence-electron chi connectivity index (χ1n) is 7.65. The van der Waals surface area contributed by atoms with Gasteiger partial charge in [-0.3, -0.25) is 0 Å². The second-order valence-corrected chi connectivity index (χ2v) is 6.02. The van der Waals surface area contributed by atoms with Crippen LogP contribution < -0.4 is 10.6 Å². The van der Waals surface area contributed by atoms with Crippen LogP contribution in [0.4, 0.5) is 8.78 Å². The molecule has 1 saturated heterocycles. The zero-order valence-electron chi connectivity index (χ0n) is 11.7. The first kappa shape index (κ1) is 14.0. The summed E-state index contributed by atoms with van der Waals surface area (Å²) < 4.78 is 26.5. The summed E-state index contributed by atoms with van der Waals surface area (Å²) in [6.45, 7) is 1.61. The second-order valence-electron chi connectivity index (χ2n) is 6.02. The van der Waals surface area contributed by atoms with Crippen molar-refractivity contribution in [1.29, 1.82) is 0 Å². The molecule has 0 radical (unpaired) electrons. The summed E-state index contributed by atoms with van der Waals surface area (Å²) in [5.41, 5.74) is 0.552. The molecule has 2 nitrogen and oxygen atoms in total. The van der Waals surface area contributed by atoms with E-state index in [1.54, 1.807) is 0 Å². The van der Waals surface area contributed by atoms with Gasteiger partial charge in [0.05, 0.1) is 0 Å². The van der Waals surface area contributed by atoms with E-state index in [1.165, 1.54) is 37.8 Å². The highest BCUT2D eigenvalue weighted by atomic mass is 19.1. The summed E-state index contributed by atoms with van der Waals surface area (Å²) in [5.74, 6) is -0.313. The van der Waals surface area contributed by atoms with Crippen molar-refractivity contribution in [2.24, 2.45) is 5.92 Å². The number of rotatable bonds is 4.